The summed E-state index contributed by atoms with van der Waals surface area (Å²) in [5.74, 6) is -0.805. The molecule has 1 unspecified atom stereocenters. The smallest absolute Gasteiger partial charge is 0.323 e. The first-order chi connectivity index (χ1) is 8.21. The van der Waals surface area contributed by atoms with Gasteiger partial charge < -0.3 is 5.11 Å². The van der Waals surface area contributed by atoms with Crippen molar-refractivity contribution in [1.82, 2.24) is 9.88 Å². The minimum atomic E-state index is -0.891. The minimum Gasteiger partial charge on any atom is -0.480 e. The van der Waals surface area contributed by atoms with Crippen molar-refractivity contribution in [3.8, 4) is 0 Å². The zero-order valence-electron chi connectivity index (χ0n) is 11.9. The summed E-state index contributed by atoms with van der Waals surface area (Å²) in [5.41, 5.74) is 0.103. The monoisotopic (exact) mass is 270 g/mol. The predicted octanol–water partition coefficient (Wildman–Crippen LogP) is 3.01. The maximum atomic E-state index is 11.4. The first kappa shape index (κ1) is 15.1. The van der Waals surface area contributed by atoms with Gasteiger partial charge in [0.05, 0.1) is 16.7 Å². The molecule has 5 heteroatoms. The van der Waals surface area contributed by atoms with Gasteiger partial charge in [0.25, 0.3) is 0 Å². The number of hydrogen-bond donors (Lipinski definition) is 1. The van der Waals surface area contributed by atoms with Crippen molar-refractivity contribution in [2.45, 2.75) is 53.1 Å². The molecule has 0 spiro atoms. The number of aromatic nitrogens is 1. The second-order valence-electron chi connectivity index (χ2n) is 5.00. The molecule has 18 heavy (non-hydrogen) atoms. The molecule has 1 atom stereocenters. The molecule has 0 aromatic carbocycles. The molecule has 0 aliphatic carbocycles. The summed E-state index contributed by atoms with van der Waals surface area (Å²) in [6, 6.07) is 0.00560. The number of carboxylic acid groups (broad SMARTS) is 1. The van der Waals surface area contributed by atoms with Crippen LogP contribution in [0.25, 0.3) is 0 Å². The number of hydrogen-bond acceptors (Lipinski definition) is 4. The number of rotatable bonds is 5. The van der Waals surface area contributed by atoms with Gasteiger partial charge in [-0.3, -0.25) is 9.69 Å². The molecule has 0 aliphatic heterocycles. The van der Waals surface area contributed by atoms with Crippen LogP contribution in [0.15, 0.2) is 0 Å². The fourth-order valence-corrected chi connectivity index (χ4v) is 3.26. The van der Waals surface area contributed by atoms with E-state index < -0.39 is 11.5 Å². The quantitative estimate of drug-likeness (QED) is 0.893. The normalized spacial score (nSPS) is 13.9. The Kier molecular flexibility index (Phi) is 4.50. The van der Waals surface area contributed by atoms with Crippen molar-refractivity contribution in [3.05, 3.63) is 15.6 Å². The first-order valence-electron chi connectivity index (χ1n) is 6.15. The van der Waals surface area contributed by atoms with Crippen LogP contribution < -0.4 is 0 Å². The van der Waals surface area contributed by atoms with Crippen molar-refractivity contribution in [3.63, 3.8) is 0 Å². The number of nitrogens with zero attached hydrogens (tertiary/aromatic N) is 2. The number of carbonyl (C=O) groups is 1. The van der Waals surface area contributed by atoms with Crippen LogP contribution in [0, 0.1) is 13.8 Å². The Morgan fingerprint density at radius 1 is 1.50 bits per heavy atom. The molecule has 1 N–H and O–H groups in total. The Bertz CT molecular complexity index is 440. The molecule has 0 fully saturated rings. The van der Waals surface area contributed by atoms with Gasteiger partial charge in [0.1, 0.15) is 5.54 Å². The third-order valence-electron chi connectivity index (χ3n) is 3.38. The number of carboxylic acids is 1. The standard InChI is InChI=1S/C13H22N2O2S/c1-7-15(13(5,6)12(16)17)8(2)11-9(3)18-10(4)14-11/h8H,7H2,1-6H3,(H,16,17). The molecule has 1 rings (SSSR count). The van der Waals surface area contributed by atoms with E-state index in [1.807, 2.05) is 32.6 Å². The Labute approximate surface area is 113 Å². The fraction of sp³-hybridized carbons (Fsp3) is 0.692. The van der Waals surface area contributed by atoms with Gasteiger partial charge in [-0.05, 0) is 41.2 Å². The van der Waals surface area contributed by atoms with E-state index in [0.717, 1.165) is 10.7 Å². The summed E-state index contributed by atoms with van der Waals surface area (Å²) >= 11 is 1.66. The van der Waals surface area contributed by atoms with E-state index in [2.05, 4.69) is 4.98 Å². The molecule has 0 amide bonds. The van der Waals surface area contributed by atoms with Crippen molar-refractivity contribution in [2.75, 3.05) is 6.54 Å². The lowest BCUT2D eigenvalue weighted by Gasteiger charge is -2.38. The molecule has 0 saturated carbocycles. The summed E-state index contributed by atoms with van der Waals surface area (Å²) in [5, 5.41) is 10.4. The summed E-state index contributed by atoms with van der Waals surface area (Å²) in [6.45, 7) is 12.2. The third-order valence-corrected chi connectivity index (χ3v) is 4.29. The number of likely N-dealkylation sites (N-methyl/N-ethyl adjacent to an activating group) is 1. The molecule has 0 aliphatic rings. The predicted molar refractivity (Wildman–Crippen MR) is 74.1 cm³/mol. The summed E-state index contributed by atoms with van der Waals surface area (Å²) in [7, 11) is 0. The van der Waals surface area contributed by atoms with E-state index in [1.54, 1.807) is 25.2 Å². The second-order valence-corrected chi connectivity index (χ2v) is 6.41. The third kappa shape index (κ3) is 2.72. The van der Waals surface area contributed by atoms with Gasteiger partial charge in [-0.1, -0.05) is 6.92 Å². The van der Waals surface area contributed by atoms with Crippen LogP contribution in [-0.4, -0.2) is 33.0 Å². The molecule has 1 heterocycles. The number of aryl methyl sites for hydroxylation is 2. The average molecular weight is 270 g/mol. The molecule has 0 radical (unpaired) electrons. The van der Waals surface area contributed by atoms with E-state index in [1.165, 1.54) is 4.88 Å². The van der Waals surface area contributed by atoms with Gasteiger partial charge in [-0.25, -0.2) is 4.98 Å². The van der Waals surface area contributed by atoms with Crippen LogP contribution in [-0.2, 0) is 4.79 Å². The molecule has 4 nitrogen and oxygen atoms in total. The van der Waals surface area contributed by atoms with Crippen molar-refractivity contribution in [2.24, 2.45) is 0 Å². The van der Waals surface area contributed by atoms with E-state index in [9.17, 15) is 9.90 Å². The molecular weight excluding hydrogens is 248 g/mol. The van der Waals surface area contributed by atoms with Gasteiger partial charge >= 0.3 is 5.97 Å². The highest BCUT2D eigenvalue weighted by atomic mass is 32.1. The summed E-state index contributed by atoms with van der Waals surface area (Å²) < 4.78 is 0. The molecule has 1 aromatic rings. The molecule has 0 saturated heterocycles. The Balaban J connectivity index is 3.10. The topological polar surface area (TPSA) is 53.4 Å². The van der Waals surface area contributed by atoms with Gasteiger partial charge in [-0.15, -0.1) is 11.3 Å². The molecule has 102 valence electrons. The first-order valence-corrected chi connectivity index (χ1v) is 6.97. The van der Waals surface area contributed by atoms with E-state index >= 15 is 0 Å². The maximum absolute atomic E-state index is 11.4. The Morgan fingerprint density at radius 2 is 2.06 bits per heavy atom. The Morgan fingerprint density at radius 3 is 2.39 bits per heavy atom. The molecule has 1 aromatic heterocycles. The highest BCUT2D eigenvalue weighted by Gasteiger charge is 2.37. The zero-order valence-corrected chi connectivity index (χ0v) is 12.8. The second kappa shape index (κ2) is 5.36. The van der Waals surface area contributed by atoms with Gasteiger partial charge in [0, 0.05) is 4.88 Å². The average Bonchev–Trinajstić information content (AvgIpc) is 2.58. The van der Waals surface area contributed by atoms with Crippen LogP contribution in [0.5, 0.6) is 0 Å². The van der Waals surface area contributed by atoms with Crippen molar-refractivity contribution < 1.29 is 9.90 Å². The number of aliphatic carboxylic acids is 1. The lowest BCUT2D eigenvalue weighted by Crippen LogP contribution is -2.51. The van der Waals surface area contributed by atoms with Gasteiger partial charge in [-0.2, -0.15) is 0 Å². The van der Waals surface area contributed by atoms with Crippen molar-refractivity contribution >= 4 is 17.3 Å². The van der Waals surface area contributed by atoms with Crippen LogP contribution in [0.2, 0.25) is 0 Å². The van der Waals surface area contributed by atoms with Crippen molar-refractivity contribution in [1.29, 1.82) is 0 Å². The fourth-order valence-electron chi connectivity index (χ4n) is 2.36. The Hall–Kier alpha value is -0.940. The minimum absolute atomic E-state index is 0.00560. The highest BCUT2D eigenvalue weighted by Crippen LogP contribution is 2.31. The van der Waals surface area contributed by atoms with Crippen LogP contribution in [0.4, 0.5) is 0 Å². The summed E-state index contributed by atoms with van der Waals surface area (Å²) in [6.07, 6.45) is 0. The van der Waals surface area contributed by atoms with E-state index in [0.29, 0.717) is 6.54 Å². The highest BCUT2D eigenvalue weighted by molar-refractivity contribution is 7.11. The lowest BCUT2D eigenvalue weighted by atomic mass is 9.99. The molecule has 0 bridgehead atoms. The van der Waals surface area contributed by atoms with E-state index in [-0.39, 0.29) is 6.04 Å². The van der Waals surface area contributed by atoms with Crippen LogP contribution in [0.1, 0.15) is 49.3 Å². The van der Waals surface area contributed by atoms with Gasteiger partial charge in [0.2, 0.25) is 0 Å². The molecular formula is C13H22N2O2S. The summed E-state index contributed by atoms with van der Waals surface area (Å²) in [4.78, 5) is 19.1. The largest absolute Gasteiger partial charge is 0.480 e. The van der Waals surface area contributed by atoms with E-state index in [4.69, 9.17) is 0 Å². The van der Waals surface area contributed by atoms with Crippen LogP contribution in [0.3, 0.4) is 0 Å². The lowest BCUT2D eigenvalue weighted by molar-refractivity contribution is -0.150. The SMILES string of the molecule is CCN(C(C)c1nc(C)sc1C)C(C)(C)C(=O)O. The van der Waals surface area contributed by atoms with Crippen LogP contribution >= 0.6 is 11.3 Å². The van der Waals surface area contributed by atoms with Gasteiger partial charge in [0.15, 0.2) is 0 Å². The maximum Gasteiger partial charge on any atom is 0.323 e. The number of thiazole rings is 1. The zero-order chi connectivity index (χ0) is 14.1.